The zero-order valence-electron chi connectivity index (χ0n) is 11.6. The molecule has 0 atom stereocenters. The van der Waals surface area contributed by atoms with Gasteiger partial charge in [0.2, 0.25) is 0 Å². The van der Waals surface area contributed by atoms with Crippen molar-refractivity contribution in [3.63, 3.8) is 0 Å². The molecule has 0 bridgehead atoms. The molecule has 0 saturated heterocycles. The van der Waals surface area contributed by atoms with Crippen molar-refractivity contribution in [3.8, 4) is 0 Å². The summed E-state index contributed by atoms with van der Waals surface area (Å²) < 4.78 is 3.22. The summed E-state index contributed by atoms with van der Waals surface area (Å²) in [6.45, 7) is 4.10. The zero-order valence-corrected chi connectivity index (χ0v) is 11.6. The third-order valence-corrected chi connectivity index (χ3v) is 3.04. The van der Waals surface area contributed by atoms with Crippen LogP contribution in [0.2, 0.25) is 0 Å². The third-order valence-electron chi connectivity index (χ3n) is 3.04. The van der Waals surface area contributed by atoms with Crippen molar-refractivity contribution in [2.24, 2.45) is 14.1 Å². The highest BCUT2D eigenvalue weighted by Crippen LogP contribution is 2.15. The number of nitrogens with zero attached hydrogens (tertiary/aromatic N) is 4. The van der Waals surface area contributed by atoms with E-state index in [1.54, 1.807) is 18.7 Å². The maximum absolute atomic E-state index is 12.1. The number of amides is 1. The minimum absolute atomic E-state index is 0.233. The van der Waals surface area contributed by atoms with E-state index in [0.717, 1.165) is 11.3 Å². The molecule has 0 saturated carbocycles. The molecule has 3 N–H and O–H groups in total. The van der Waals surface area contributed by atoms with Gasteiger partial charge in [-0.05, 0) is 13.8 Å². The maximum Gasteiger partial charge on any atom is 0.271 e. The molecular weight excluding hydrogens is 244 g/mol. The number of carbonyl (C=O) groups excluding carboxylic acids is 1. The van der Waals surface area contributed by atoms with Crippen LogP contribution >= 0.6 is 0 Å². The number of aromatic nitrogens is 4. The monoisotopic (exact) mass is 262 g/mol. The largest absolute Gasteiger partial charge is 0.395 e. The van der Waals surface area contributed by atoms with Crippen LogP contribution in [0.3, 0.4) is 0 Å². The second-order valence-electron chi connectivity index (χ2n) is 4.57. The van der Waals surface area contributed by atoms with Gasteiger partial charge >= 0.3 is 0 Å². The standard InChI is InChI=1S/C12H18N6O/c1-7-9(6-17(3)15-7)5-14-12(19)11-10(13)8(2)16-18(11)4/h6H,5,13H2,1-4H3,(H,14,19). The number of anilines is 1. The van der Waals surface area contributed by atoms with E-state index in [1.807, 2.05) is 20.2 Å². The number of aryl methyl sites for hydroxylation is 4. The number of carbonyl (C=O) groups is 1. The molecule has 0 radical (unpaired) electrons. The molecule has 102 valence electrons. The lowest BCUT2D eigenvalue weighted by Crippen LogP contribution is -2.26. The van der Waals surface area contributed by atoms with E-state index in [-0.39, 0.29) is 5.91 Å². The second-order valence-corrected chi connectivity index (χ2v) is 4.57. The van der Waals surface area contributed by atoms with Crippen LogP contribution in [0.5, 0.6) is 0 Å². The fraction of sp³-hybridized carbons (Fsp3) is 0.417. The summed E-state index contributed by atoms with van der Waals surface area (Å²) in [5.41, 5.74) is 9.19. The fourth-order valence-electron chi connectivity index (χ4n) is 2.03. The molecule has 2 aromatic rings. The van der Waals surface area contributed by atoms with Gasteiger partial charge in [-0.25, -0.2) is 0 Å². The molecule has 0 spiro atoms. The molecule has 2 heterocycles. The van der Waals surface area contributed by atoms with Gasteiger partial charge in [0.25, 0.3) is 5.91 Å². The fourth-order valence-corrected chi connectivity index (χ4v) is 2.03. The molecule has 19 heavy (non-hydrogen) atoms. The molecule has 0 aliphatic heterocycles. The smallest absolute Gasteiger partial charge is 0.271 e. The molecule has 2 aromatic heterocycles. The number of rotatable bonds is 3. The van der Waals surface area contributed by atoms with Gasteiger partial charge in [0, 0.05) is 32.4 Å². The second kappa shape index (κ2) is 4.75. The number of nitrogens with two attached hydrogens (primary N) is 1. The van der Waals surface area contributed by atoms with Crippen molar-refractivity contribution in [2.45, 2.75) is 20.4 Å². The van der Waals surface area contributed by atoms with Crippen molar-refractivity contribution < 1.29 is 4.79 Å². The van der Waals surface area contributed by atoms with E-state index in [2.05, 4.69) is 15.5 Å². The average Bonchev–Trinajstić information content (AvgIpc) is 2.76. The topological polar surface area (TPSA) is 90.8 Å². The lowest BCUT2D eigenvalue weighted by molar-refractivity contribution is 0.0942. The summed E-state index contributed by atoms with van der Waals surface area (Å²) in [7, 11) is 3.55. The van der Waals surface area contributed by atoms with Crippen LogP contribution in [0.15, 0.2) is 6.20 Å². The van der Waals surface area contributed by atoms with Gasteiger partial charge in [0.05, 0.1) is 17.1 Å². The first-order chi connectivity index (χ1) is 8.90. The molecule has 0 aromatic carbocycles. The predicted molar refractivity (Wildman–Crippen MR) is 71.5 cm³/mol. The van der Waals surface area contributed by atoms with Gasteiger partial charge in [-0.3, -0.25) is 14.2 Å². The van der Waals surface area contributed by atoms with Gasteiger partial charge in [-0.2, -0.15) is 10.2 Å². The Balaban J connectivity index is 2.12. The Labute approximate surface area is 111 Å². The summed E-state index contributed by atoms with van der Waals surface area (Å²) in [4.78, 5) is 12.1. The minimum atomic E-state index is -0.233. The van der Waals surface area contributed by atoms with E-state index < -0.39 is 0 Å². The quantitative estimate of drug-likeness (QED) is 0.831. The Bertz CT molecular complexity index is 624. The lowest BCUT2D eigenvalue weighted by Gasteiger charge is -2.05. The lowest BCUT2D eigenvalue weighted by atomic mass is 10.2. The highest BCUT2D eigenvalue weighted by atomic mass is 16.2. The molecule has 7 heteroatoms. The Morgan fingerprint density at radius 1 is 1.32 bits per heavy atom. The van der Waals surface area contributed by atoms with Crippen molar-refractivity contribution in [2.75, 3.05) is 5.73 Å². The average molecular weight is 262 g/mol. The van der Waals surface area contributed by atoms with Crippen LogP contribution in [-0.4, -0.2) is 25.5 Å². The Morgan fingerprint density at radius 2 is 2.00 bits per heavy atom. The molecule has 0 fully saturated rings. The van der Waals surface area contributed by atoms with Crippen LogP contribution < -0.4 is 11.1 Å². The maximum atomic E-state index is 12.1. The normalized spacial score (nSPS) is 10.7. The van der Waals surface area contributed by atoms with Crippen molar-refractivity contribution >= 4 is 11.6 Å². The van der Waals surface area contributed by atoms with Crippen LogP contribution in [0.1, 0.15) is 27.4 Å². The van der Waals surface area contributed by atoms with E-state index in [4.69, 9.17) is 5.73 Å². The molecule has 0 unspecified atom stereocenters. The molecule has 1 amide bonds. The molecule has 2 rings (SSSR count). The van der Waals surface area contributed by atoms with Gasteiger partial charge in [0.15, 0.2) is 0 Å². The summed E-state index contributed by atoms with van der Waals surface area (Å²) in [6.07, 6.45) is 1.88. The van der Waals surface area contributed by atoms with Crippen molar-refractivity contribution in [1.82, 2.24) is 24.9 Å². The number of nitrogen functional groups attached to an aromatic ring is 1. The summed E-state index contributed by atoms with van der Waals surface area (Å²) in [5, 5.41) is 11.2. The van der Waals surface area contributed by atoms with Crippen LogP contribution in [0.25, 0.3) is 0 Å². The van der Waals surface area contributed by atoms with E-state index in [1.165, 1.54) is 4.68 Å². The Kier molecular flexibility index (Phi) is 3.28. The minimum Gasteiger partial charge on any atom is -0.395 e. The highest BCUT2D eigenvalue weighted by molar-refractivity contribution is 5.97. The van der Waals surface area contributed by atoms with E-state index in [0.29, 0.717) is 23.6 Å². The first-order valence-corrected chi connectivity index (χ1v) is 5.96. The van der Waals surface area contributed by atoms with Gasteiger partial charge < -0.3 is 11.1 Å². The Morgan fingerprint density at radius 3 is 2.47 bits per heavy atom. The predicted octanol–water partition coefficient (Wildman–Crippen LogP) is 0.283. The van der Waals surface area contributed by atoms with Gasteiger partial charge in [-0.15, -0.1) is 0 Å². The number of nitrogens with one attached hydrogen (secondary N) is 1. The van der Waals surface area contributed by atoms with Gasteiger partial charge in [-0.1, -0.05) is 0 Å². The number of hydrogen-bond acceptors (Lipinski definition) is 4. The Hall–Kier alpha value is -2.31. The van der Waals surface area contributed by atoms with Crippen molar-refractivity contribution in [1.29, 1.82) is 0 Å². The van der Waals surface area contributed by atoms with Gasteiger partial charge in [0.1, 0.15) is 5.69 Å². The number of hydrogen-bond donors (Lipinski definition) is 2. The molecule has 0 aliphatic carbocycles. The van der Waals surface area contributed by atoms with E-state index >= 15 is 0 Å². The summed E-state index contributed by atoms with van der Waals surface area (Å²) in [5.74, 6) is -0.233. The van der Waals surface area contributed by atoms with Crippen LogP contribution in [-0.2, 0) is 20.6 Å². The SMILES string of the molecule is Cc1nn(C)cc1CNC(=O)c1c(N)c(C)nn1C. The van der Waals surface area contributed by atoms with Crippen LogP contribution in [0.4, 0.5) is 5.69 Å². The first-order valence-electron chi connectivity index (χ1n) is 5.96. The summed E-state index contributed by atoms with van der Waals surface area (Å²) >= 11 is 0. The van der Waals surface area contributed by atoms with Crippen LogP contribution in [0, 0.1) is 13.8 Å². The van der Waals surface area contributed by atoms with Crippen molar-refractivity contribution in [3.05, 3.63) is 28.8 Å². The zero-order chi connectivity index (χ0) is 14.2. The van der Waals surface area contributed by atoms with E-state index in [9.17, 15) is 4.79 Å². The first kappa shape index (κ1) is 13.1. The highest BCUT2D eigenvalue weighted by Gasteiger charge is 2.17. The third kappa shape index (κ3) is 2.44. The molecule has 0 aliphatic rings. The summed E-state index contributed by atoms with van der Waals surface area (Å²) in [6, 6.07) is 0. The molecular formula is C12H18N6O. The molecule has 7 nitrogen and oxygen atoms in total.